The Labute approximate surface area is 106 Å². The fraction of sp³-hybridized carbons (Fsp3) is 0.429. The summed E-state index contributed by atoms with van der Waals surface area (Å²) in [6, 6.07) is 9.59. The van der Waals surface area contributed by atoms with Crippen molar-refractivity contribution in [3.63, 3.8) is 0 Å². The van der Waals surface area contributed by atoms with Crippen molar-refractivity contribution in [3.05, 3.63) is 35.9 Å². The number of benzene rings is 1. The summed E-state index contributed by atoms with van der Waals surface area (Å²) in [6.45, 7) is 0.327. The molecule has 0 amide bonds. The summed E-state index contributed by atoms with van der Waals surface area (Å²) in [7, 11) is 0. The second-order valence-corrected chi connectivity index (χ2v) is 4.60. The van der Waals surface area contributed by atoms with Crippen molar-refractivity contribution in [1.29, 1.82) is 0 Å². The molecule has 4 nitrogen and oxygen atoms in total. The molecule has 1 aliphatic rings. The van der Waals surface area contributed by atoms with Crippen LogP contribution in [0.4, 0.5) is 0 Å². The van der Waals surface area contributed by atoms with Crippen LogP contribution in [-0.4, -0.2) is 30.1 Å². The van der Waals surface area contributed by atoms with E-state index in [-0.39, 0.29) is 18.8 Å². The van der Waals surface area contributed by atoms with Crippen LogP contribution in [0.15, 0.2) is 30.3 Å². The van der Waals surface area contributed by atoms with Gasteiger partial charge < -0.3 is 9.84 Å². The number of rotatable bonds is 4. The summed E-state index contributed by atoms with van der Waals surface area (Å²) in [5.41, 5.74) is -0.315. The fourth-order valence-corrected chi connectivity index (χ4v) is 2.23. The van der Waals surface area contributed by atoms with E-state index in [0.717, 1.165) is 5.56 Å². The Morgan fingerprint density at radius 2 is 2.06 bits per heavy atom. The lowest BCUT2D eigenvalue weighted by Crippen LogP contribution is -2.47. The van der Waals surface area contributed by atoms with Gasteiger partial charge in [0.1, 0.15) is 5.41 Å². The molecule has 1 N–H and O–H groups in total. The number of hydrogen-bond donors (Lipinski definition) is 1. The average molecular weight is 248 g/mol. The highest BCUT2D eigenvalue weighted by Gasteiger charge is 2.47. The fourth-order valence-electron chi connectivity index (χ4n) is 2.23. The van der Waals surface area contributed by atoms with Gasteiger partial charge in [-0.2, -0.15) is 0 Å². The molecular weight excluding hydrogens is 232 g/mol. The highest BCUT2D eigenvalue weighted by Crippen LogP contribution is 2.31. The molecule has 0 radical (unpaired) electrons. The van der Waals surface area contributed by atoms with Crippen LogP contribution in [0, 0.1) is 5.41 Å². The van der Waals surface area contributed by atoms with Crippen molar-refractivity contribution in [2.24, 2.45) is 5.41 Å². The Bertz CT molecular complexity index is 440. The van der Waals surface area contributed by atoms with Crippen molar-refractivity contribution >= 4 is 11.8 Å². The number of carboxylic acid groups (broad SMARTS) is 1. The van der Waals surface area contributed by atoms with E-state index in [2.05, 4.69) is 0 Å². The van der Waals surface area contributed by atoms with Crippen molar-refractivity contribution in [3.8, 4) is 0 Å². The number of ether oxygens (including phenoxy) is 1. The van der Waals surface area contributed by atoms with Crippen LogP contribution in [0.25, 0.3) is 0 Å². The molecule has 1 fully saturated rings. The third-order valence-corrected chi connectivity index (χ3v) is 3.45. The molecular formula is C14H16O4. The van der Waals surface area contributed by atoms with Crippen LogP contribution in [0.3, 0.4) is 0 Å². The molecule has 0 aliphatic carbocycles. The van der Waals surface area contributed by atoms with Crippen LogP contribution >= 0.6 is 0 Å². The third kappa shape index (κ3) is 2.43. The van der Waals surface area contributed by atoms with E-state index < -0.39 is 11.4 Å². The first-order chi connectivity index (χ1) is 8.65. The molecule has 0 saturated carbocycles. The lowest BCUT2D eigenvalue weighted by molar-refractivity contribution is -0.165. The van der Waals surface area contributed by atoms with Crippen LogP contribution in [0.5, 0.6) is 0 Å². The Kier molecular flexibility index (Phi) is 3.77. The van der Waals surface area contributed by atoms with Crippen LogP contribution in [-0.2, 0) is 20.7 Å². The Morgan fingerprint density at radius 3 is 2.67 bits per heavy atom. The normalized spacial score (nSPS) is 23.9. The van der Waals surface area contributed by atoms with E-state index in [1.807, 2.05) is 30.3 Å². The zero-order chi connectivity index (χ0) is 13.0. The molecule has 0 spiro atoms. The molecule has 2 rings (SSSR count). The highest BCUT2D eigenvalue weighted by molar-refractivity contribution is 6.03. The summed E-state index contributed by atoms with van der Waals surface area (Å²) in [6.07, 6.45) is 1.06. The minimum absolute atomic E-state index is 0.00595. The maximum absolute atomic E-state index is 11.9. The van der Waals surface area contributed by atoms with E-state index in [1.165, 1.54) is 0 Å². The molecule has 1 saturated heterocycles. The zero-order valence-electron chi connectivity index (χ0n) is 10.1. The van der Waals surface area contributed by atoms with Gasteiger partial charge in [-0.25, -0.2) is 0 Å². The van der Waals surface area contributed by atoms with Gasteiger partial charge in [-0.15, -0.1) is 0 Å². The van der Waals surface area contributed by atoms with Crippen molar-refractivity contribution in [2.75, 3.05) is 13.2 Å². The number of ketones is 1. The predicted molar refractivity (Wildman–Crippen MR) is 65.3 cm³/mol. The van der Waals surface area contributed by atoms with Crippen LogP contribution in [0.2, 0.25) is 0 Å². The number of aliphatic carboxylic acids is 1. The number of Topliss-reactive ketones (excluding diaryl/α,β-unsaturated/α-hetero) is 1. The standard InChI is InChI=1S/C14H16O4/c15-12-7-9-18-10-14(12,13(16)17)8-6-11-4-2-1-3-5-11/h1-5H,6-10H2,(H,16,17). The van der Waals surface area contributed by atoms with E-state index in [9.17, 15) is 14.7 Å². The second-order valence-electron chi connectivity index (χ2n) is 4.60. The van der Waals surface area contributed by atoms with Gasteiger partial charge in [0.2, 0.25) is 0 Å². The number of carboxylic acids is 1. The number of aryl methyl sites for hydroxylation is 1. The van der Waals surface area contributed by atoms with Gasteiger partial charge in [-0.05, 0) is 18.4 Å². The van der Waals surface area contributed by atoms with E-state index in [0.29, 0.717) is 19.4 Å². The van der Waals surface area contributed by atoms with Crippen molar-refractivity contribution < 1.29 is 19.4 Å². The van der Waals surface area contributed by atoms with E-state index in [1.54, 1.807) is 0 Å². The summed E-state index contributed by atoms with van der Waals surface area (Å²) < 4.78 is 5.20. The molecule has 1 heterocycles. The van der Waals surface area contributed by atoms with Gasteiger partial charge in [0.05, 0.1) is 13.2 Å². The van der Waals surface area contributed by atoms with E-state index >= 15 is 0 Å². The van der Waals surface area contributed by atoms with Gasteiger partial charge in [-0.1, -0.05) is 30.3 Å². The van der Waals surface area contributed by atoms with E-state index in [4.69, 9.17) is 4.74 Å². The highest BCUT2D eigenvalue weighted by atomic mass is 16.5. The lowest BCUT2D eigenvalue weighted by atomic mass is 9.76. The first-order valence-electron chi connectivity index (χ1n) is 6.03. The topological polar surface area (TPSA) is 63.6 Å². The molecule has 1 unspecified atom stereocenters. The summed E-state index contributed by atoms with van der Waals surface area (Å²) in [5, 5.41) is 9.34. The Balaban J connectivity index is 2.12. The number of hydrogen-bond acceptors (Lipinski definition) is 3. The molecule has 1 aromatic carbocycles. The lowest BCUT2D eigenvalue weighted by Gasteiger charge is -2.31. The largest absolute Gasteiger partial charge is 0.480 e. The monoisotopic (exact) mass is 248 g/mol. The zero-order valence-corrected chi connectivity index (χ0v) is 10.1. The quantitative estimate of drug-likeness (QED) is 0.823. The van der Waals surface area contributed by atoms with Gasteiger partial charge in [0.15, 0.2) is 5.78 Å². The maximum Gasteiger partial charge on any atom is 0.319 e. The molecule has 1 aliphatic heterocycles. The molecule has 4 heteroatoms. The summed E-state index contributed by atoms with van der Waals surface area (Å²) >= 11 is 0. The molecule has 0 aromatic heterocycles. The molecule has 0 bridgehead atoms. The number of carbonyl (C=O) groups excluding carboxylic acids is 1. The third-order valence-electron chi connectivity index (χ3n) is 3.45. The number of carbonyl (C=O) groups is 2. The smallest absolute Gasteiger partial charge is 0.319 e. The Hall–Kier alpha value is -1.68. The Morgan fingerprint density at radius 1 is 1.33 bits per heavy atom. The van der Waals surface area contributed by atoms with Crippen LogP contribution in [0.1, 0.15) is 18.4 Å². The van der Waals surface area contributed by atoms with Gasteiger partial charge >= 0.3 is 5.97 Å². The second kappa shape index (κ2) is 5.31. The van der Waals surface area contributed by atoms with Gasteiger partial charge in [0.25, 0.3) is 0 Å². The minimum Gasteiger partial charge on any atom is -0.480 e. The first kappa shape index (κ1) is 12.8. The van der Waals surface area contributed by atoms with Gasteiger partial charge in [0, 0.05) is 6.42 Å². The molecule has 96 valence electrons. The van der Waals surface area contributed by atoms with Crippen molar-refractivity contribution in [2.45, 2.75) is 19.3 Å². The van der Waals surface area contributed by atoms with Gasteiger partial charge in [-0.3, -0.25) is 9.59 Å². The first-order valence-corrected chi connectivity index (χ1v) is 6.03. The molecule has 1 aromatic rings. The van der Waals surface area contributed by atoms with Crippen molar-refractivity contribution in [1.82, 2.24) is 0 Å². The maximum atomic E-state index is 11.9. The summed E-state index contributed by atoms with van der Waals surface area (Å²) in [4.78, 5) is 23.3. The van der Waals surface area contributed by atoms with Crippen LogP contribution < -0.4 is 0 Å². The molecule has 18 heavy (non-hydrogen) atoms. The average Bonchev–Trinajstić information content (AvgIpc) is 2.39. The summed E-state index contributed by atoms with van der Waals surface area (Å²) in [5.74, 6) is -1.28. The predicted octanol–water partition coefficient (Wildman–Crippen LogP) is 1.68. The molecule has 1 atom stereocenters. The SMILES string of the molecule is O=C(O)C1(CCc2ccccc2)COCCC1=O. The minimum atomic E-state index is -1.35.